The van der Waals surface area contributed by atoms with E-state index in [9.17, 15) is 0 Å². The summed E-state index contributed by atoms with van der Waals surface area (Å²) in [5.74, 6) is 0.988. The van der Waals surface area contributed by atoms with Gasteiger partial charge in [0.1, 0.15) is 0 Å². The van der Waals surface area contributed by atoms with Crippen molar-refractivity contribution in [3.05, 3.63) is 54.2 Å². The third-order valence-corrected chi connectivity index (χ3v) is 3.42. The number of aromatic nitrogens is 4. The van der Waals surface area contributed by atoms with Gasteiger partial charge < -0.3 is 5.73 Å². The quantitative estimate of drug-likeness (QED) is 0.800. The van der Waals surface area contributed by atoms with Crippen molar-refractivity contribution in [2.45, 2.75) is 19.8 Å². The van der Waals surface area contributed by atoms with Gasteiger partial charge in [0.25, 0.3) is 0 Å². The Kier molecular flexibility index (Phi) is 3.39. The lowest BCUT2D eigenvalue weighted by atomic mass is 10.0. The van der Waals surface area contributed by atoms with Crippen LogP contribution >= 0.6 is 0 Å². The van der Waals surface area contributed by atoms with Crippen LogP contribution in [0.3, 0.4) is 0 Å². The molecule has 2 heterocycles. The predicted octanol–water partition coefficient (Wildman–Crippen LogP) is 3.03. The molecule has 0 aliphatic heterocycles. The summed E-state index contributed by atoms with van der Waals surface area (Å²) in [7, 11) is 0. The molecular formula is C16H17N5. The first-order chi connectivity index (χ1) is 10.2. The first-order valence-electron chi connectivity index (χ1n) is 6.89. The number of nitrogens with two attached hydrogens (primary N) is 1. The highest BCUT2D eigenvalue weighted by molar-refractivity contribution is 5.67. The molecule has 0 unspecified atom stereocenters. The molecule has 5 heteroatoms. The maximum Gasteiger partial charge on any atom is 0.157 e. The predicted molar refractivity (Wildman–Crippen MR) is 83.1 cm³/mol. The minimum Gasteiger partial charge on any atom is -0.382 e. The van der Waals surface area contributed by atoms with Crippen LogP contribution < -0.4 is 5.73 Å². The van der Waals surface area contributed by atoms with Crippen molar-refractivity contribution in [2.75, 3.05) is 5.73 Å². The van der Waals surface area contributed by atoms with Gasteiger partial charge in [-0.3, -0.25) is 4.98 Å². The van der Waals surface area contributed by atoms with Crippen LogP contribution in [0, 0.1) is 0 Å². The molecule has 5 nitrogen and oxygen atoms in total. The molecule has 0 saturated carbocycles. The largest absolute Gasteiger partial charge is 0.382 e. The molecule has 0 saturated heterocycles. The molecule has 21 heavy (non-hydrogen) atoms. The summed E-state index contributed by atoms with van der Waals surface area (Å²) in [4.78, 5) is 4.26. The highest BCUT2D eigenvalue weighted by Gasteiger charge is 2.13. The van der Waals surface area contributed by atoms with E-state index >= 15 is 0 Å². The molecule has 3 aromatic rings. The average Bonchev–Trinajstić information content (AvgIpc) is 2.90. The molecule has 0 bridgehead atoms. The SMILES string of the molecule is CC(C)c1ccc(-n2nnc(-c3ccccn3)c2N)cc1. The first kappa shape index (κ1) is 13.3. The Morgan fingerprint density at radius 3 is 2.43 bits per heavy atom. The van der Waals surface area contributed by atoms with Crippen molar-refractivity contribution in [1.82, 2.24) is 20.0 Å². The van der Waals surface area contributed by atoms with E-state index in [0.717, 1.165) is 11.4 Å². The summed E-state index contributed by atoms with van der Waals surface area (Å²) in [6.07, 6.45) is 1.71. The molecular weight excluding hydrogens is 262 g/mol. The number of nitrogen functional groups attached to an aromatic ring is 1. The highest BCUT2D eigenvalue weighted by Crippen LogP contribution is 2.24. The Bertz CT molecular complexity index is 729. The molecule has 0 atom stereocenters. The fourth-order valence-corrected chi connectivity index (χ4v) is 2.17. The van der Waals surface area contributed by atoms with Crippen molar-refractivity contribution in [2.24, 2.45) is 0 Å². The number of hydrogen-bond donors (Lipinski definition) is 1. The van der Waals surface area contributed by atoms with E-state index in [0.29, 0.717) is 17.4 Å². The lowest BCUT2D eigenvalue weighted by Crippen LogP contribution is -2.02. The van der Waals surface area contributed by atoms with E-state index in [1.807, 2.05) is 30.3 Å². The number of anilines is 1. The van der Waals surface area contributed by atoms with Gasteiger partial charge in [0.05, 0.1) is 11.4 Å². The van der Waals surface area contributed by atoms with Gasteiger partial charge in [0, 0.05) is 6.20 Å². The Balaban J connectivity index is 1.99. The third-order valence-electron chi connectivity index (χ3n) is 3.42. The molecule has 0 amide bonds. The van der Waals surface area contributed by atoms with E-state index in [4.69, 9.17) is 5.73 Å². The van der Waals surface area contributed by atoms with Gasteiger partial charge in [-0.25, -0.2) is 0 Å². The van der Waals surface area contributed by atoms with Crippen molar-refractivity contribution >= 4 is 5.82 Å². The number of benzene rings is 1. The number of rotatable bonds is 3. The van der Waals surface area contributed by atoms with Crippen LogP contribution in [-0.2, 0) is 0 Å². The molecule has 106 valence electrons. The van der Waals surface area contributed by atoms with E-state index in [1.54, 1.807) is 10.9 Å². The molecule has 0 spiro atoms. The summed E-state index contributed by atoms with van der Waals surface area (Å²) >= 11 is 0. The van der Waals surface area contributed by atoms with Gasteiger partial charge in [0.2, 0.25) is 0 Å². The second kappa shape index (κ2) is 5.36. The molecule has 0 aliphatic rings. The minimum atomic E-state index is 0.492. The monoisotopic (exact) mass is 279 g/mol. The van der Waals surface area contributed by atoms with Crippen molar-refractivity contribution in [3.63, 3.8) is 0 Å². The molecule has 2 aromatic heterocycles. The molecule has 2 N–H and O–H groups in total. The fraction of sp³-hybridized carbons (Fsp3) is 0.188. The van der Waals surface area contributed by atoms with E-state index < -0.39 is 0 Å². The topological polar surface area (TPSA) is 69.6 Å². The molecule has 0 fully saturated rings. The smallest absolute Gasteiger partial charge is 0.157 e. The van der Waals surface area contributed by atoms with Crippen LogP contribution in [0.4, 0.5) is 5.82 Å². The maximum absolute atomic E-state index is 6.16. The number of hydrogen-bond acceptors (Lipinski definition) is 4. The number of nitrogens with zero attached hydrogens (tertiary/aromatic N) is 4. The summed E-state index contributed by atoms with van der Waals surface area (Å²) in [5, 5.41) is 8.28. The Morgan fingerprint density at radius 1 is 1.05 bits per heavy atom. The fourth-order valence-electron chi connectivity index (χ4n) is 2.17. The van der Waals surface area contributed by atoms with Gasteiger partial charge in [-0.05, 0) is 35.7 Å². The lowest BCUT2D eigenvalue weighted by molar-refractivity contribution is 0.806. The Morgan fingerprint density at radius 2 is 1.81 bits per heavy atom. The zero-order valence-electron chi connectivity index (χ0n) is 12.1. The van der Waals surface area contributed by atoms with Crippen molar-refractivity contribution in [3.8, 4) is 17.1 Å². The maximum atomic E-state index is 6.16. The van der Waals surface area contributed by atoms with Crippen LogP contribution in [0.2, 0.25) is 0 Å². The number of pyridine rings is 1. The third kappa shape index (κ3) is 2.50. The Labute approximate surface area is 123 Å². The summed E-state index contributed by atoms with van der Waals surface area (Å²) in [6, 6.07) is 13.8. The van der Waals surface area contributed by atoms with Crippen LogP contribution in [0.15, 0.2) is 48.7 Å². The zero-order valence-corrected chi connectivity index (χ0v) is 12.1. The Hall–Kier alpha value is -2.69. The molecule has 0 radical (unpaired) electrons. The molecule has 0 aliphatic carbocycles. The summed E-state index contributed by atoms with van der Waals surface area (Å²) in [6.45, 7) is 4.33. The van der Waals surface area contributed by atoms with Crippen LogP contribution in [-0.4, -0.2) is 20.0 Å². The van der Waals surface area contributed by atoms with E-state index in [1.165, 1.54) is 5.56 Å². The van der Waals surface area contributed by atoms with Crippen molar-refractivity contribution in [1.29, 1.82) is 0 Å². The first-order valence-corrected chi connectivity index (χ1v) is 6.89. The zero-order chi connectivity index (χ0) is 14.8. The van der Waals surface area contributed by atoms with Gasteiger partial charge in [-0.2, -0.15) is 4.68 Å². The van der Waals surface area contributed by atoms with Gasteiger partial charge >= 0.3 is 0 Å². The van der Waals surface area contributed by atoms with Crippen LogP contribution in [0.5, 0.6) is 0 Å². The summed E-state index contributed by atoms with van der Waals surface area (Å²) in [5.41, 5.74) is 9.66. The second-order valence-electron chi connectivity index (χ2n) is 5.20. The standard InChI is InChI=1S/C16H17N5/c1-11(2)12-6-8-13(9-7-12)21-16(17)15(19-20-21)14-5-3-4-10-18-14/h3-11H,17H2,1-2H3. The van der Waals surface area contributed by atoms with Gasteiger partial charge in [0.15, 0.2) is 11.5 Å². The normalized spacial score (nSPS) is 11.0. The second-order valence-corrected chi connectivity index (χ2v) is 5.20. The highest BCUT2D eigenvalue weighted by atomic mass is 15.5. The van der Waals surface area contributed by atoms with Gasteiger partial charge in [-0.15, -0.1) is 5.10 Å². The summed E-state index contributed by atoms with van der Waals surface area (Å²) < 4.78 is 1.63. The van der Waals surface area contributed by atoms with Crippen LogP contribution in [0.25, 0.3) is 17.1 Å². The minimum absolute atomic E-state index is 0.492. The lowest BCUT2D eigenvalue weighted by Gasteiger charge is -2.07. The van der Waals surface area contributed by atoms with E-state index in [-0.39, 0.29) is 0 Å². The molecule has 1 aromatic carbocycles. The molecule has 3 rings (SSSR count). The van der Waals surface area contributed by atoms with Crippen molar-refractivity contribution < 1.29 is 0 Å². The average molecular weight is 279 g/mol. The van der Waals surface area contributed by atoms with Gasteiger partial charge in [-0.1, -0.05) is 37.3 Å². The van der Waals surface area contributed by atoms with Crippen LogP contribution in [0.1, 0.15) is 25.3 Å². The van der Waals surface area contributed by atoms with E-state index in [2.05, 4.69) is 41.3 Å².